The fourth-order valence-electron chi connectivity index (χ4n) is 4.68. The second-order valence-electron chi connectivity index (χ2n) is 8.82. The molecule has 1 saturated heterocycles. The van der Waals surface area contributed by atoms with E-state index >= 15 is 0 Å². The van der Waals surface area contributed by atoms with Crippen molar-refractivity contribution in [3.63, 3.8) is 0 Å². The number of carboxylic acid groups (broad SMARTS) is 1. The first-order valence-corrected chi connectivity index (χ1v) is 12.5. The number of hydrogen-bond donors (Lipinski definition) is 1. The fourth-order valence-corrected chi connectivity index (χ4v) is 4.94. The van der Waals surface area contributed by atoms with Gasteiger partial charge in [-0.3, -0.25) is 4.79 Å². The fraction of sp³-hybridized carbons (Fsp3) is 0.286. The number of hydrogen-bond acceptors (Lipinski definition) is 3. The van der Waals surface area contributed by atoms with Crippen LogP contribution in [0.2, 0.25) is 10.0 Å². The van der Waals surface area contributed by atoms with Gasteiger partial charge in [-0.05, 0) is 59.5 Å². The number of nitrogens with zero attached hydrogens (tertiary/aromatic N) is 1. The molecule has 1 amide bonds. The molecule has 1 unspecified atom stereocenters. The van der Waals surface area contributed by atoms with E-state index in [0.29, 0.717) is 27.6 Å². The first-order chi connectivity index (χ1) is 17.3. The molecule has 3 aromatic carbocycles. The summed E-state index contributed by atoms with van der Waals surface area (Å²) in [5.41, 5.74) is 2.01. The molecule has 5 nitrogen and oxygen atoms in total. The Balaban J connectivity index is 1.85. The van der Waals surface area contributed by atoms with Crippen LogP contribution in [0.5, 0.6) is 0 Å². The molecular weight excluding hydrogens is 504 g/mol. The number of carbonyl (C=O) groups is 2. The van der Waals surface area contributed by atoms with Crippen molar-refractivity contribution in [2.24, 2.45) is 0 Å². The summed E-state index contributed by atoms with van der Waals surface area (Å²) < 4.78 is 20.3. The minimum absolute atomic E-state index is 0.100. The number of aliphatic carboxylic acids is 1. The summed E-state index contributed by atoms with van der Waals surface area (Å²) >= 11 is 12.2. The topological polar surface area (TPSA) is 66.8 Å². The first-order valence-electron chi connectivity index (χ1n) is 11.7. The Bertz CT molecular complexity index is 1220. The summed E-state index contributed by atoms with van der Waals surface area (Å²) in [6.45, 7) is 1.87. The molecular formula is C28H26Cl2FNO4. The van der Waals surface area contributed by atoms with Crippen LogP contribution in [0.25, 0.3) is 0 Å². The molecule has 0 spiro atoms. The average molecular weight is 530 g/mol. The van der Waals surface area contributed by atoms with Gasteiger partial charge in [-0.25, -0.2) is 9.18 Å². The van der Waals surface area contributed by atoms with Crippen LogP contribution in [0.1, 0.15) is 48.6 Å². The number of amides is 1. The van der Waals surface area contributed by atoms with Crippen LogP contribution < -0.4 is 0 Å². The number of ether oxygens (including phenoxy) is 1. The largest absolute Gasteiger partial charge is 0.480 e. The standard InChI is InChI=1S/C28H26Cl2FNO4/c1-2-4-23(28(34)35)32-25(18-7-11-20(29)12-8-18)26(19-9-13-21(30)14-10-19)36-24(27(32)33)16-17-5-3-6-22(31)15-17/h3,5-15,23-26H,2,4,16H2,1H3,(H,34,35)/t23?,24-,25+,26-/m0/s1. The van der Waals surface area contributed by atoms with E-state index < -0.39 is 42.0 Å². The van der Waals surface area contributed by atoms with Crippen LogP contribution in [0.15, 0.2) is 72.8 Å². The molecule has 1 heterocycles. The predicted molar refractivity (Wildman–Crippen MR) is 137 cm³/mol. The quantitative estimate of drug-likeness (QED) is 0.355. The molecule has 4 rings (SSSR count). The molecule has 0 aliphatic carbocycles. The Morgan fingerprint density at radius 3 is 2.19 bits per heavy atom. The van der Waals surface area contributed by atoms with Crippen molar-refractivity contribution in [2.45, 2.75) is 50.5 Å². The molecule has 1 fully saturated rings. The summed E-state index contributed by atoms with van der Waals surface area (Å²) in [6, 6.07) is 18.2. The van der Waals surface area contributed by atoms with Crippen LogP contribution in [-0.2, 0) is 20.7 Å². The van der Waals surface area contributed by atoms with Gasteiger partial charge >= 0.3 is 5.97 Å². The van der Waals surface area contributed by atoms with Gasteiger partial charge in [0, 0.05) is 16.5 Å². The van der Waals surface area contributed by atoms with Crippen molar-refractivity contribution in [2.75, 3.05) is 0 Å². The van der Waals surface area contributed by atoms with Crippen LogP contribution in [-0.4, -0.2) is 34.0 Å². The Hall–Kier alpha value is -2.93. The molecule has 0 aromatic heterocycles. The molecule has 8 heteroatoms. The molecule has 3 aromatic rings. The van der Waals surface area contributed by atoms with Gasteiger partial charge in [0.25, 0.3) is 5.91 Å². The number of halogens is 3. The van der Waals surface area contributed by atoms with E-state index in [1.807, 2.05) is 6.92 Å². The Morgan fingerprint density at radius 2 is 1.64 bits per heavy atom. The molecule has 1 aliphatic heterocycles. The normalized spacial score (nSPS) is 20.8. The van der Waals surface area contributed by atoms with Crippen molar-refractivity contribution in [3.05, 3.63) is 105 Å². The molecule has 0 radical (unpaired) electrons. The molecule has 188 valence electrons. The minimum atomic E-state index is -1.09. The summed E-state index contributed by atoms with van der Waals surface area (Å²) in [6.07, 6.45) is -0.767. The second-order valence-corrected chi connectivity index (χ2v) is 9.69. The van der Waals surface area contributed by atoms with Crippen molar-refractivity contribution in [1.82, 2.24) is 4.90 Å². The van der Waals surface area contributed by atoms with E-state index in [-0.39, 0.29) is 12.8 Å². The zero-order valence-electron chi connectivity index (χ0n) is 19.6. The maximum atomic E-state index is 13.9. The van der Waals surface area contributed by atoms with Gasteiger partial charge in [0.1, 0.15) is 24.1 Å². The lowest BCUT2D eigenvalue weighted by Gasteiger charge is -2.47. The van der Waals surface area contributed by atoms with E-state index in [2.05, 4.69) is 0 Å². The van der Waals surface area contributed by atoms with Gasteiger partial charge in [-0.2, -0.15) is 0 Å². The summed E-state index contributed by atoms with van der Waals surface area (Å²) in [7, 11) is 0. The van der Waals surface area contributed by atoms with Crippen molar-refractivity contribution >= 4 is 35.1 Å². The predicted octanol–water partition coefficient (Wildman–Crippen LogP) is 6.64. The lowest BCUT2D eigenvalue weighted by molar-refractivity contribution is -0.184. The third-order valence-corrected chi connectivity index (χ3v) is 6.83. The van der Waals surface area contributed by atoms with Crippen LogP contribution in [0.4, 0.5) is 4.39 Å². The molecule has 4 atom stereocenters. The zero-order chi connectivity index (χ0) is 25.8. The van der Waals surface area contributed by atoms with E-state index in [4.69, 9.17) is 27.9 Å². The zero-order valence-corrected chi connectivity index (χ0v) is 21.1. The van der Waals surface area contributed by atoms with Gasteiger partial charge in [0.05, 0.1) is 6.04 Å². The van der Waals surface area contributed by atoms with Crippen molar-refractivity contribution < 1.29 is 23.8 Å². The number of carbonyl (C=O) groups excluding carboxylic acids is 1. The maximum Gasteiger partial charge on any atom is 0.326 e. The monoisotopic (exact) mass is 529 g/mol. The van der Waals surface area contributed by atoms with Gasteiger partial charge < -0.3 is 14.7 Å². The number of rotatable bonds is 8. The lowest BCUT2D eigenvalue weighted by Crippen LogP contribution is -2.57. The number of morpholine rings is 1. The smallest absolute Gasteiger partial charge is 0.326 e. The van der Waals surface area contributed by atoms with E-state index in [9.17, 15) is 19.1 Å². The van der Waals surface area contributed by atoms with Crippen molar-refractivity contribution in [1.29, 1.82) is 0 Å². The number of carboxylic acids is 1. The second kappa shape index (κ2) is 11.4. The Morgan fingerprint density at radius 1 is 1.03 bits per heavy atom. The van der Waals surface area contributed by atoms with Gasteiger partial charge in [-0.1, -0.05) is 72.9 Å². The summed E-state index contributed by atoms with van der Waals surface area (Å²) in [4.78, 5) is 27.8. The molecule has 0 bridgehead atoms. The Labute approximate surface area is 219 Å². The minimum Gasteiger partial charge on any atom is -0.480 e. The molecule has 1 aliphatic rings. The van der Waals surface area contributed by atoms with E-state index in [1.54, 1.807) is 60.7 Å². The Kier molecular flexibility index (Phi) is 8.29. The maximum absolute atomic E-state index is 13.9. The van der Waals surface area contributed by atoms with Gasteiger partial charge in [-0.15, -0.1) is 0 Å². The van der Waals surface area contributed by atoms with Crippen LogP contribution in [0.3, 0.4) is 0 Å². The third-order valence-electron chi connectivity index (χ3n) is 6.33. The average Bonchev–Trinajstić information content (AvgIpc) is 2.85. The SMILES string of the molecule is CCCC(C(=O)O)N1C(=O)[C@H](Cc2cccc(F)c2)O[C@@H](c2ccc(Cl)cc2)[C@H]1c1ccc(Cl)cc1. The molecule has 0 saturated carbocycles. The first kappa shape index (κ1) is 26.1. The molecule has 1 N–H and O–H groups in total. The third kappa shape index (κ3) is 5.72. The highest BCUT2D eigenvalue weighted by atomic mass is 35.5. The van der Waals surface area contributed by atoms with Gasteiger partial charge in [0.2, 0.25) is 0 Å². The lowest BCUT2D eigenvalue weighted by atomic mass is 9.88. The van der Waals surface area contributed by atoms with E-state index in [1.165, 1.54) is 17.0 Å². The highest BCUT2D eigenvalue weighted by Crippen LogP contribution is 2.44. The summed E-state index contributed by atoms with van der Waals surface area (Å²) in [5.74, 6) is -1.97. The highest BCUT2D eigenvalue weighted by molar-refractivity contribution is 6.30. The highest BCUT2D eigenvalue weighted by Gasteiger charge is 2.48. The van der Waals surface area contributed by atoms with Crippen LogP contribution >= 0.6 is 23.2 Å². The van der Waals surface area contributed by atoms with Crippen LogP contribution in [0, 0.1) is 5.82 Å². The molecule has 36 heavy (non-hydrogen) atoms. The van der Waals surface area contributed by atoms with E-state index in [0.717, 1.165) is 5.56 Å². The van der Waals surface area contributed by atoms with Gasteiger partial charge in [0.15, 0.2) is 0 Å². The number of benzene rings is 3. The van der Waals surface area contributed by atoms with Crippen molar-refractivity contribution in [3.8, 4) is 0 Å². The summed E-state index contributed by atoms with van der Waals surface area (Å²) in [5, 5.41) is 11.2.